The Balaban J connectivity index is 1.27. The molecule has 2 N–H and O–H groups in total. The zero-order valence-corrected chi connectivity index (χ0v) is 18.5. The Bertz CT molecular complexity index is 1280. The molecule has 0 aliphatic carbocycles. The predicted octanol–water partition coefficient (Wildman–Crippen LogP) is 5.37. The summed E-state index contributed by atoms with van der Waals surface area (Å²) in [6, 6.07) is 17.7. The molecule has 4 aromatic rings. The minimum absolute atomic E-state index is 0.292. The zero-order valence-electron chi connectivity index (χ0n) is 17.8. The number of methoxy groups -OCH3 is 1. The van der Waals surface area contributed by atoms with Crippen molar-refractivity contribution in [2.45, 2.75) is 13.0 Å². The minimum atomic E-state index is 0.292. The van der Waals surface area contributed by atoms with Crippen LogP contribution in [0, 0.1) is 0 Å². The minimum Gasteiger partial charge on any atom is -0.497 e. The van der Waals surface area contributed by atoms with Crippen LogP contribution in [0.25, 0.3) is 21.8 Å². The molecule has 0 bridgehead atoms. The standard InChI is InChI=1S/C25H24ClN3O3/c1-30-18-7-9-21-20(13-18)24(19-8-6-17(26)12-22(19)29-21)28-11-3-10-27-14-16-4-2-5-23-25(16)32-15-31-23/h2,4-9,12-13,27H,3,10-11,14-15H2,1H3,(H,28,29). The average Bonchev–Trinajstić information content (AvgIpc) is 3.30. The number of pyridine rings is 1. The normalized spacial score (nSPS) is 12.4. The molecule has 5 rings (SSSR count). The van der Waals surface area contributed by atoms with Crippen LogP contribution in [0.4, 0.5) is 5.69 Å². The molecule has 0 fully saturated rings. The number of nitrogens with zero attached hydrogens (tertiary/aromatic N) is 1. The van der Waals surface area contributed by atoms with Crippen LogP contribution in [0.2, 0.25) is 5.02 Å². The van der Waals surface area contributed by atoms with Crippen LogP contribution in [-0.2, 0) is 6.54 Å². The van der Waals surface area contributed by atoms with Gasteiger partial charge in [-0.05, 0) is 55.4 Å². The van der Waals surface area contributed by atoms with Gasteiger partial charge in [0.15, 0.2) is 11.5 Å². The summed E-state index contributed by atoms with van der Waals surface area (Å²) in [7, 11) is 1.67. The highest BCUT2D eigenvalue weighted by atomic mass is 35.5. The van der Waals surface area contributed by atoms with Crippen molar-refractivity contribution in [2.24, 2.45) is 0 Å². The van der Waals surface area contributed by atoms with Crippen molar-refractivity contribution in [3.8, 4) is 17.2 Å². The number of aromatic nitrogens is 1. The first kappa shape index (κ1) is 20.7. The second-order valence-corrected chi connectivity index (χ2v) is 8.08. The van der Waals surface area contributed by atoms with E-state index in [4.69, 9.17) is 30.8 Å². The fraction of sp³-hybridized carbons (Fsp3) is 0.240. The number of nitrogens with one attached hydrogen (secondary N) is 2. The number of ether oxygens (including phenoxy) is 3. The first-order valence-corrected chi connectivity index (χ1v) is 11.0. The number of anilines is 1. The van der Waals surface area contributed by atoms with Gasteiger partial charge < -0.3 is 24.8 Å². The zero-order chi connectivity index (χ0) is 21.9. The Hall–Kier alpha value is -3.22. The summed E-state index contributed by atoms with van der Waals surface area (Å²) in [5.74, 6) is 2.47. The van der Waals surface area contributed by atoms with E-state index in [2.05, 4.69) is 16.7 Å². The highest BCUT2D eigenvalue weighted by molar-refractivity contribution is 6.31. The fourth-order valence-corrected chi connectivity index (χ4v) is 4.16. The van der Waals surface area contributed by atoms with Crippen molar-refractivity contribution < 1.29 is 14.2 Å². The molecular formula is C25H24ClN3O3. The van der Waals surface area contributed by atoms with Crippen molar-refractivity contribution >= 4 is 39.1 Å². The summed E-state index contributed by atoms with van der Waals surface area (Å²) in [6.07, 6.45) is 0.954. The van der Waals surface area contributed by atoms with E-state index in [9.17, 15) is 0 Å². The third-order valence-electron chi connectivity index (χ3n) is 5.57. The highest BCUT2D eigenvalue weighted by Crippen LogP contribution is 2.35. The molecule has 0 unspecified atom stereocenters. The van der Waals surface area contributed by atoms with Crippen LogP contribution in [0.15, 0.2) is 54.6 Å². The first-order chi connectivity index (χ1) is 15.7. The lowest BCUT2D eigenvalue weighted by atomic mass is 10.1. The monoisotopic (exact) mass is 449 g/mol. The molecule has 0 saturated heterocycles. The van der Waals surface area contributed by atoms with Gasteiger partial charge in [0, 0.05) is 34.4 Å². The van der Waals surface area contributed by atoms with Crippen molar-refractivity contribution in [3.63, 3.8) is 0 Å². The topological polar surface area (TPSA) is 64.6 Å². The van der Waals surface area contributed by atoms with Gasteiger partial charge in [-0.3, -0.25) is 0 Å². The lowest BCUT2D eigenvalue weighted by Gasteiger charge is -2.14. The SMILES string of the molecule is COc1ccc2nc3cc(Cl)ccc3c(NCCCNCc3cccc4c3OCO4)c2c1. The van der Waals surface area contributed by atoms with Crippen LogP contribution < -0.4 is 24.8 Å². The van der Waals surface area contributed by atoms with Gasteiger partial charge in [-0.1, -0.05) is 23.7 Å². The maximum Gasteiger partial charge on any atom is 0.231 e. The third-order valence-corrected chi connectivity index (χ3v) is 5.80. The molecule has 164 valence electrons. The van der Waals surface area contributed by atoms with Crippen LogP contribution in [0.1, 0.15) is 12.0 Å². The molecule has 0 spiro atoms. The van der Waals surface area contributed by atoms with E-state index in [1.165, 1.54) is 0 Å². The average molecular weight is 450 g/mol. The largest absolute Gasteiger partial charge is 0.497 e. The maximum absolute atomic E-state index is 6.21. The van der Waals surface area contributed by atoms with Crippen molar-refractivity contribution in [3.05, 3.63) is 65.2 Å². The molecule has 2 heterocycles. The molecule has 32 heavy (non-hydrogen) atoms. The van der Waals surface area contributed by atoms with Gasteiger partial charge in [-0.25, -0.2) is 4.98 Å². The fourth-order valence-electron chi connectivity index (χ4n) is 3.99. The smallest absolute Gasteiger partial charge is 0.231 e. The van der Waals surface area contributed by atoms with Gasteiger partial charge >= 0.3 is 0 Å². The van der Waals surface area contributed by atoms with E-state index < -0.39 is 0 Å². The molecule has 1 aliphatic heterocycles. The number of halogens is 1. The Morgan fingerprint density at radius 2 is 1.94 bits per heavy atom. The summed E-state index contributed by atoms with van der Waals surface area (Å²) >= 11 is 6.21. The van der Waals surface area contributed by atoms with Crippen LogP contribution in [0.3, 0.4) is 0 Å². The quantitative estimate of drug-likeness (QED) is 0.278. The summed E-state index contributed by atoms with van der Waals surface area (Å²) in [5.41, 5.74) is 3.94. The first-order valence-electron chi connectivity index (χ1n) is 10.6. The second-order valence-electron chi connectivity index (χ2n) is 7.64. The van der Waals surface area contributed by atoms with Gasteiger partial charge in [-0.15, -0.1) is 0 Å². The summed E-state index contributed by atoms with van der Waals surface area (Å²) in [6.45, 7) is 2.71. The summed E-state index contributed by atoms with van der Waals surface area (Å²) in [4.78, 5) is 4.78. The van der Waals surface area contributed by atoms with E-state index in [0.717, 1.165) is 76.4 Å². The Morgan fingerprint density at radius 3 is 2.84 bits per heavy atom. The van der Waals surface area contributed by atoms with Crippen LogP contribution in [0.5, 0.6) is 17.2 Å². The van der Waals surface area contributed by atoms with Gasteiger partial charge in [-0.2, -0.15) is 0 Å². The van der Waals surface area contributed by atoms with E-state index in [0.29, 0.717) is 11.8 Å². The summed E-state index contributed by atoms with van der Waals surface area (Å²) < 4.78 is 16.5. The van der Waals surface area contributed by atoms with Crippen LogP contribution in [-0.4, -0.2) is 32.0 Å². The second kappa shape index (κ2) is 9.10. The van der Waals surface area contributed by atoms with Gasteiger partial charge in [0.25, 0.3) is 0 Å². The molecular weight excluding hydrogens is 426 g/mol. The number of hydrogen-bond acceptors (Lipinski definition) is 6. The number of fused-ring (bicyclic) bond motifs is 3. The summed E-state index contributed by atoms with van der Waals surface area (Å²) in [5, 5.41) is 9.86. The predicted molar refractivity (Wildman–Crippen MR) is 128 cm³/mol. The van der Waals surface area contributed by atoms with Crippen molar-refractivity contribution in [1.82, 2.24) is 10.3 Å². The molecule has 0 radical (unpaired) electrons. The third kappa shape index (κ3) is 4.11. The van der Waals surface area contributed by atoms with Gasteiger partial charge in [0.05, 0.1) is 23.8 Å². The van der Waals surface area contributed by atoms with E-state index in [1.807, 2.05) is 48.5 Å². The molecule has 0 saturated carbocycles. The van der Waals surface area contributed by atoms with Gasteiger partial charge in [0.2, 0.25) is 6.79 Å². The van der Waals surface area contributed by atoms with E-state index in [1.54, 1.807) is 7.11 Å². The molecule has 6 nitrogen and oxygen atoms in total. The molecule has 1 aliphatic rings. The number of rotatable bonds is 8. The molecule has 3 aromatic carbocycles. The lowest BCUT2D eigenvalue weighted by molar-refractivity contribution is 0.173. The van der Waals surface area contributed by atoms with Crippen molar-refractivity contribution in [2.75, 3.05) is 32.3 Å². The molecule has 1 aromatic heterocycles. The molecule has 7 heteroatoms. The Labute approximate surface area is 191 Å². The number of para-hydroxylation sites is 1. The number of hydrogen-bond donors (Lipinski definition) is 2. The molecule has 0 atom stereocenters. The maximum atomic E-state index is 6.21. The van der Waals surface area contributed by atoms with E-state index >= 15 is 0 Å². The highest BCUT2D eigenvalue weighted by Gasteiger charge is 2.16. The van der Waals surface area contributed by atoms with E-state index in [-0.39, 0.29) is 0 Å². The molecule has 0 amide bonds. The van der Waals surface area contributed by atoms with Crippen LogP contribution >= 0.6 is 11.6 Å². The number of benzene rings is 3. The Morgan fingerprint density at radius 1 is 1.00 bits per heavy atom. The van der Waals surface area contributed by atoms with Gasteiger partial charge in [0.1, 0.15) is 5.75 Å². The van der Waals surface area contributed by atoms with Crippen molar-refractivity contribution in [1.29, 1.82) is 0 Å². The Kier molecular flexibility index (Phi) is 5.88. The lowest BCUT2D eigenvalue weighted by Crippen LogP contribution is -2.18.